The van der Waals surface area contributed by atoms with Crippen molar-refractivity contribution in [1.29, 1.82) is 0 Å². The average molecular weight is 347 g/mol. The molecule has 126 valence electrons. The number of para-hydroxylation sites is 1. The van der Waals surface area contributed by atoms with E-state index in [0.29, 0.717) is 12.2 Å². The number of anilines is 2. The number of hydrogen-bond donors (Lipinski definition) is 1. The number of ether oxygens (including phenoxy) is 1. The third kappa shape index (κ3) is 2.96. The fourth-order valence-electron chi connectivity index (χ4n) is 2.52. The minimum absolute atomic E-state index is 0.0595. The van der Waals surface area contributed by atoms with Gasteiger partial charge in [0.25, 0.3) is 5.91 Å². The van der Waals surface area contributed by atoms with Gasteiger partial charge in [0.05, 0.1) is 11.4 Å². The minimum Gasteiger partial charge on any atom is -0.449 e. The summed E-state index contributed by atoms with van der Waals surface area (Å²) in [4.78, 5) is 27.6. The van der Waals surface area contributed by atoms with Gasteiger partial charge in [0.2, 0.25) is 5.88 Å². The molecule has 1 unspecified atom stereocenters. The molecule has 3 rings (SSSR count). The third-order valence-electron chi connectivity index (χ3n) is 3.72. The number of carbonyl (C=O) groups excluding carboxylic acids is 2. The van der Waals surface area contributed by atoms with Crippen LogP contribution in [0.3, 0.4) is 0 Å². The molecule has 0 saturated carbocycles. The molecule has 2 N–H and O–H groups in total. The van der Waals surface area contributed by atoms with E-state index in [1.165, 1.54) is 0 Å². The lowest BCUT2D eigenvalue weighted by Crippen LogP contribution is -2.42. The van der Waals surface area contributed by atoms with Crippen LogP contribution in [0.4, 0.5) is 11.6 Å². The van der Waals surface area contributed by atoms with Crippen molar-refractivity contribution in [3.8, 4) is 0 Å². The zero-order valence-corrected chi connectivity index (χ0v) is 14.1. The van der Waals surface area contributed by atoms with Gasteiger partial charge in [-0.15, -0.1) is 11.8 Å². The third-order valence-corrected chi connectivity index (χ3v) is 4.76. The number of rotatable bonds is 3. The topological polar surface area (TPSA) is 98.7 Å². The summed E-state index contributed by atoms with van der Waals surface area (Å²) in [5.41, 5.74) is 6.80. The molecule has 8 heteroatoms. The molecule has 2 heterocycles. The first-order valence-corrected chi connectivity index (χ1v) is 8.43. The maximum Gasteiger partial charge on any atom is 0.346 e. The number of aromatic nitrogens is 1. The Hall–Kier alpha value is -2.48. The second-order valence-corrected chi connectivity index (χ2v) is 6.50. The van der Waals surface area contributed by atoms with Crippen molar-refractivity contribution in [2.24, 2.45) is 0 Å². The van der Waals surface area contributed by atoms with E-state index in [-0.39, 0.29) is 17.4 Å². The van der Waals surface area contributed by atoms with Crippen LogP contribution < -0.4 is 10.6 Å². The van der Waals surface area contributed by atoms with Gasteiger partial charge in [-0.25, -0.2) is 4.79 Å². The molecule has 1 aliphatic rings. The molecule has 7 nitrogen and oxygen atoms in total. The van der Waals surface area contributed by atoms with Crippen molar-refractivity contribution in [3.63, 3.8) is 0 Å². The summed E-state index contributed by atoms with van der Waals surface area (Å²) in [6.45, 7) is 3.70. The van der Waals surface area contributed by atoms with Crippen LogP contribution in [0.15, 0.2) is 33.7 Å². The van der Waals surface area contributed by atoms with E-state index < -0.39 is 12.1 Å². The minimum atomic E-state index is -0.942. The number of nitrogens with two attached hydrogens (primary N) is 1. The molecule has 0 aliphatic carbocycles. The van der Waals surface area contributed by atoms with Gasteiger partial charge in [0.15, 0.2) is 6.10 Å². The highest BCUT2D eigenvalue weighted by atomic mass is 32.2. The predicted octanol–water partition coefficient (Wildman–Crippen LogP) is 2.25. The number of thioether (sulfide) groups is 1. The van der Waals surface area contributed by atoms with Gasteiger partial charge in [0, 0.05) is 17.2 Å². The average Bonchev–Trinajstić information content (AvgIpc) is 2.92. The first kappa shape index (κ1) is 16.4. The fraction of sp³-hybridized carbons (Fsp3) is 0.312. The first-order valence-electron chi connectivity index (χ1n) is 7.45. The Morgan fingerprint density at radius 1 is 1.42 bits per heavy atom. The fourth-order valence-corrected chi connectivity index (χ4v) is 3.52. The van der Waals surface area contributed by atoms with Gasteiger partial charge in [-0.05, 0) is 26.0 Å². The molecule has 1 aliphatic heterocycles. The molecule has 0 saturated heterocycles. The van der Waals surface area contributed by atoms with Crippen LogP contribution in [0.1, 0.15) is 23.0 Å². The predicted molar refractivity (Wildman–Crippen MR) is 90.0 cm³/mol. The van der Waals surface area contributed by atoms with Crippen molar-refractivity contribution >= 4 is 35.2 Å². The van der Waals surface area contributed by atoms with E-state index in [1.54, 1.807) is 30.5 Å². The number of fused-ring (bicyclic) bond motifs is 1. The lowest BCUT2D eigenvalue weighted by Gasteiger charge is -2.30. The largest absolute Gasteiger partial charge is 0.449 e. The monoisotopic (exact) mass is 347 g/mol. The second-order valence-electron chi connectivity index (χ2n) is 5.36. The van der Waals surface area contributed by atoms with E-state index in [4.69, 9.17) is 15.0 Å². The molecular weight excluding hydrogens is 330 g/mol. The second kappa shape index (κ2) is 6.56. The number of hydrogen-bond acceptors (Lipinski definition) is 7. The van der Waals surface area contributed by atoms with Crippen LogP contribution in [-0.2, 0) is 9.53 Å². The Kier molecular flexibility index (Phi) is 4.48. The number of amides is 1. The number of carbonyl (C=O) groups is 2. The standard InChI is InChI=1S/C16H17N3O4S/c1-9-13(14(17)23-18-9)16(21)22-10(2)15(20)19-7-8-24-12-6-4-3-5-11(12)19/h3-6,10H,7-8,17H2,1-2H3. The summed E-state index contributed by atoms with van der Waals surface area (Å²) in [5.74, 6) is -0.311. The molecule has 24 heavy (non-hydrogen) atoms. The number of nitrogens with zero attached hydrogens (tertiary/aromatic N) is 2. The summed E-state index contributed by atoms with van der Waals surface area (Å²) in [6.07, 6.45) is -0.942. The maximum atomic E-state index is 12.7. The van der Waals surface area contributed by atoms with Crippen molar-refractivity contribution in [2.45, 2.75) is 24.8 Å². The summed E-state index contributed by atoms with van der Waals surface area (Å²) in [7, 11) is 0. The van der Waals surface area contributed by atoms with E-state index in [0.717, 1.165) is 16.3 Å². The van der Waals surface area contributed by atoms with Crippen LogP contribution in [0.5, 0.6) is 0 Å². The van der Waals surface area contributed by atoms with Crippen molar-refractivity contribution in [1.82, 2.24) is 5.16 Å². The van der Waals surface area contributed by atoms with Crippen LogP contribution in [0.25, 0.3) is 0 Å². The van der Waals surface area contributed by atoms with E-state index in [1.807, 2.05) is 24.3 Å². The van der Waals surface area contributed by atoms with Crippen molar-refractivity contribution in [3.05, 3.63) is 35.5 Å². The number of benzene rings is 1. The summed E-state index contributed by atoms with van der Waals surface area (Å²) < 4.78 is 10.0. The van der Waals surface area contributed by atoms with Gasteiger partial charge in [-0.1, -0.05) is 17.3 Å². The molecule has 1 aromatic carbocycles. The van der Waals surface area contributed by atoms with E-state index in [9.17, 15) is 9.59 Å². The molecule has 1 amide bonds. The highest BCUT2D eigenvalue weighted by molar-refractivity contribution is 7.99. The molecule has 0 bridgehead atoms. The Morgan fingerprint density at radius 3 is 2.88 bits per heavy atom. The number of esters is 1. The Labute approximate surface area is 143 Å². The van der Waals surface area contributed by atoms with Gasteiger partial charge in [-0.3, -0.25) is 4.79 Å². The number of aryl methyl sites for hydroxylation is 1. The molecule has 1 aromatic heterocycles. The first-order chi connectivity index (χ1) is 11.5. The van der Waals surface area contributed by atoms with Crippen LogP contribution >= 0.6 is 11.8 Å². The van der Waals surface area contributed by atoms with Crippen LogP contribution in [0, 0.1) is 6.92 Å². The van der Waals surface area contributed by atoms with Crippen LogP contribution in [-0.4, -0.2) is 35.4 Å². The number of nitrogen functional groups attached to an aromatic ring is 1. The Bertz CT molecular complexity index is 770. The summed E-state index contributed by atoms with van der Waals surface area (Å²) in [5, 5.41) is 3.61. The molecule has 1 atom stereocenters. The Morgan fingerprint density at radius 2 is 2.17 bits per heavy atom. The zero-order valence-electron chi connectivity index (χ0n) is 13.3. The lowest BCUT2D eigenvalue weighted by atomic mass is 10.2. The highest BCUT2D eigenvalue weighted by Gasteiger charge is 2.30. The van der Waals surface area contributed by atoms with Crippen molar-refractivity contribution in [2.75, 3.05) is 22.9 Å². The zero-order chi connectivity index (χ0) is 17.3. The van der Waals surface area contributed by atoms with Gasteiger partial charge in [-0.2, -0.15) is 0 Å². The summed E-state index contributed by atoms with van der Waals surface area (Å²) >= 11 is 1.70. The van der Waals surface area contributed by atoms with Gasteiger partial charge in [0.1, 0.15) is 5.56 Å². The maximum absolute atomic E-state index is 12.7. The highest BCUT2D eigenvalue weighted by Crippen LogP contribution is 2.34. The molecule has 2 aromatic rings. The quantitative estimate of drug-likeness (QED) is 0.850. The SMILES string of the molecule is Cc1noc(N)c1C(=O)OC(C)C(=O)N1CCSc2ccccc21. The molecule has 0 spiro atoms. The van der Waals surface area contributed by atoms with E-state index >= 15 is 0 Å². The molecule has 0 radical (unpaired) electrons. The molecular formula is C16H17N3O4S. The molecule has 0 fully saturated rings. The van der Waals surface area contributed by atoms with Crippen molar-refractivity contribution < 1.29 is 18.8 Å². The smallest absolute Gasteiger partial charge is 0.346 e. The Balaban J connectivity index is 1.75. The summed E-state index contributed by atoms with van der Waals surface area (Å²) in [6, 6.07) is 7.66. The van der Waals surface area contributed by atoms with E-state index in [2.05, 4.69) is 5.16 Å². The van der Waals surface area contributed by atoms with Gasteiger partial charge < -0.3 is 19.9 Å². The van der Waals surface area contributed by atoms with Gasteiger partial charge >= 0.3 is 5.97 Å². The normalized spacial score (nSPS) is 14.8. The van der Waals surface area contributed by atoms with Crippen LogP contribution in [0.2, 0.25) is 0 Å². The lowest BCUT2D eigenvalue weighted by molar-refractivity contribution is -0.126.